The first kappa shape index (κ1) is 25.6. The average Bonchev–Trinajstić information content (AvgIpc) is 3.18. The Bertz CT molecular complexity index is 1010. The molecule has 1 aliphatic heterocycles. The Morgan fingerprint density at radius 1 is 1.19 bits per heavy atom. The number of carbonyl (C=O) groups is 3. The minimum Gasteiger partial charge on any atom is -0.461 e. The molecular weight excluding hydrogens is 476 g/mol. The zero-order chi connectivity index (χ0) is 24.2. The summed E-state index contributed by atoms with van der Waals surface area (Å²) in [6, 6.07) is 0. The molecule has 0 aromatic carbocycles. The molecule has 2 heterocycles. The molecule has 2 rings (SSSR count). The van der Waals surface area contributed by atoms with Crippen LogP contribution in [0.3, 0.4) is 0 Å². The monoisotopic (exact) mass is 506 g/mol. The third-order valence-corrected chi connectivity index (χ3v) is 5.85. The summed E-state index contributed by atoms with van der Waals surface area (Å²) in [4.78, 5) is 40.4. The first-order chi connectivity index (χ1) is 14.9. The lowest BCUT2D eigenvalue weighted by Crippen LogP contribution is -2.25. The van der Waals surface area contributed by atoms with E-state index in [0.717, 1.165) is 16.7 Å². The number of aromatic amines is 1. The van der Waals surface area contributed by atoms with Crippen molar-refractivity contribution in [3.63, 3.8) is 0 Å². The van der Waals surface area contributed by atoms with E-state index >= 15 is 0 Å². The highest BCUT2D eigenvalue weighted by molar-refractivity contribution is 9.15. The van der Waals surface area contributed by atoms with Crippen molar-refractivity contribution in [2.45, 2.75) is 66.4 Å². The molecule has 0 bridgehead atoms. The molecule has 1 amide bonds. The van der Waals surface area contributed by atoms with Gasteiger partial charge in [-0.2, -0.15) is 0 Å². The molecule has 0 fully saturated rings. The topological polar surface area (TPSA) is 97.5 Å². The number of allylic oxidation sites excluding steroid dienone is 1. The molecule has 0 radical (unpaired) electrons. The van der Waals surface area contributed by atoms with Crippen LogP contribution in [0, 0.1) is 6.92 Å². The lowest BCUT2D eigenvalue weighted by molar-refractivity contribution is -0.142. The number of esters is 2. The summed E-state index contributed by atoms with van der Waals surface area (Å²) < 4.78 is 11.3. The van der Waals surface area contributed by atoms with Crippen LogP contribution in [0.5, 0.6) is 0 Å². The molecule has 0 atom stereocenters. The van der Waals surface area contributed by atoms with Gasteiger partial charge in [0.1, 0.15) is 17.9 Å². The quantitative estimate of drug-likeness (QED) is 0.387. The van der Waals surface area contributed by atoms with Crippen LogP contribution >= 0.6 is 15.9 Å². The average molecular weight is 507 g/mol. The molecule has 0 unspecified atom stereocenters. The molecule has 1 aromatic heterocycles. The summed E-state index contributed by atoms with van der Waals surface area (Å²) in [5.74, 6) is -1.02. The molecule has 174 valence electrons. The van der Waals surface area contributed by atoms with Gasteiger partial charge in [0, 0.05) is 12.0 Å². The van der Waals surface area contributed by atoms with Crippen LogP contribution in [0.15, 0.2) is 29.5 Å². The summed E-state index contributed by atoms with van der Waals surface area (Å²) in [6.07, 6.45) is 2.52. The normalized spacial score (nSPS) is 15.5. The summed E-state index contributed by atoms with van der Waals surface area (Å²) >= 11 is 3.61. The maximum absolute atomic E-state index is 12.9. The van der Waals surface area contributed by atoms with E-state index < -0.39 is 11.6 Å². The maximum Gasteiger partial charge on any atom is 0.355 e. The van der Waals surface area contributed by atoms with Crippen LogP contribution in [0.1, 0.15) is 74.8 Å². The van der Waals surface area contributed by atoms with Crippen LogP contribution in [-0.4, -0.2) is 35.0 Å². The first-order valence-electron chi connectivity index (χ1n) is 10.5. The van der Waals surface area contributed by atoms with Gasteiger partial charge < -0.3 is 19.8 Å². The summed E-state index contributed by atoms with van der Waals surface area (Å²) in [5.41, 5.74) is 3.93. The van der Waals surface area contributed by atoms with E-state index in [4.69, 9.17) is 9.47 Å². The number of amides is 1. The molecule has 2 N–H and O–H groups in total. The van der Waals surface area contributed by atoms with Crippen molar-refractivity contribution in [2.75, 3.05) is 6.61 Å². The Morgan fingerprint density at radius 2 is 1.84 bits per heavy atom. The van der Waals surface area contributed by atoms with Gasteiger partial charge in [-0.15, -0.1) is 0 Å². The van der Waals surface area contributed by atoms with Gasteiger partial charge in [0.05, 0.1) is 15.9 Å². The lowest BCUT2D eigenvalue weighted by Gasteiger charge is -2.19. The zero-order valence-electron chi connectivity index (χ0n) is 19.5. The summed E-state index contributed by atoms with van der Waals surface area (Å²) in [5, 5.41) is 2.90. The van der Waals surface area contributed by atoms with Crippen LogP contribution in [0.2, 0.25) is 0 Å². The van der Waals surface area contributed by atoms with Crippen LogP contribution in [-0.2, 0) is 25.5 Å². The molecule has 0 spiro atoms. The molecule has 1 aromatic rings. The Kier molecular flexibility index (Phi) is 8.29. The van der Waals surface area contributed by atoms with Gasteiger partial charge in [0.25, 0.3) is 5.91 Å². The third kappa shape index (κ3) is 5.79. The summed E-state index contributed by atoms with van der Waals surface area (Å²) in [7, 11) is 0. The largest absolute Gasteiger partial charge is 0.461 e. The molecule has 0 saturated carbocycles. The SMILES string of the molecule is C=CCOC(=O)CCc1c(C(=O)OC(C)(C)C)[nH]c(/C(Br)=C2\NC(=O)C(CC)=C2C)c1C. The molecule has 8 heteroatoms. The van der Waals surface area contributed by atoms with Crippen molar-refractivity contribution < 1.29 is 23.9 Å². The van der Waals surface area contributed by atoms with Gasteiger partial charge in [-0.25, -0.2) is 4.79 Å². The number of rotatable bonds is 8. The fourth-order valence-electron chi connectivity index (χ4n) is 3.49. The Labute approximate surface area is 197 Å². The van der Waals surface area contributed by atoms with E-state index in [1.165, 1.54) is 6.08 Å². The number of ether oxygens (including phenoxy) is 2. The van der Waals surface area contributed by atoms with E-state index in [0.29, 0.717) is 34.3 Å². The van der Waals surface area contributed by atoms with Crippen molar-refractivity contribution >= 4 is 38.3 Å². The number of carbonyl (C=O) groups excluding carboxylic acids is 3. The minimum absolute atomic E-state index is 0.103. The molecule has 1 aliphatic rings. The lowest BCUT2D eigenvalue weighted by atomic mass is 10.0. The van der Waals surface area contributed by atoms with Crippen molar-refractivity contribution in [3.8, 4) is 0 Å². The van der Waals surface area contributed by atoms with E-state index in [1.54, 1.807) is 20.8 Å². The van der Waals surface area contributed by atoms with E-state index in [1.807, 2.05) is 20.8 Å². The molecular formula is C24H31BrN2O5. The van der Waals surface area contributed by atoms with Crippen molar-refractivity contribution in [1.29, 1.82) is 0 Å². The molecule has 7 nitrogen and oxygen atoms in total. The van der Waals surface area contributed by atoms with E-state index in [2.05, 4.69) is 32.8 Å². The van der Waals surface area contributed by atoms with Gasteiger partial charge in [-0.05, 0) is 80.1 Å². The number of hydrogen-bond donors (Lipinski definition) is 2. The Morgan fingerprint density at radius 3 is 2.38 bits per heavy atom. The summed E-state index contributed by atoms with van der Waals surface area (Å²) in [6.45, 7) is 14.7. The fraction of sp³-hybridized carbons (Fsp3) is 0.458. The van der Waals surface area contributed by atoms with Gasteiger partial charge in [-0.3, -0.25) is 9.59 Å². The highest BCUT2D eigenvalue weighted by atomic mass is 79.9. The number of H-pyrrole nitrogens is 1. The highest BCUT2D eigenvalue weighted by Crippen LogP contribution is 2.36. The Balaban J connectivity index is 2.51. The number of aromatic nitrogens is 1. The standard InChI is InChI=1S/C24H31BrN2O5/c1-8-12-31-17(28)11-10-16-14(4)19(26-21(16)23(30)32-24(5,6)7)18(25)20-13(3)15(9-2)22(29)27-20/h8,26H,1,9-12H2,2-7H3,(H,27,29)/b20-18+. The second-order valence-electron chi connectivity index (χ2n) is 8.55. The van der Waals surface area contributed by atoms with Gasteiger partial charge in [0.2, 0.25) is 0 Å². The third-order valence-electron chi connectivity index (χ3n) is 5.06. The van der Waals surface area contributed by atoms with Crippen LogP contribution < -0.4 is 5.32 Å². The van der Waals surface area contributed by atoms with Crippen LogP contribution in [0.25, 0.3) is 4.48 Å². The van der Waals surface area contributed by atoms with Gasteiger partial charge in [-0.1, -0.05) is 19.6 Å². The molecule has 32 heavy (non-hydrogen) atoms. The van der Waals surface area contributed by atoms with Gasteiger partial charge >= 0.3 is 11.9 Å². The highest BCUT2D eigenvalue weighted by Gasteiger charge is 2.29. The number of nitrogens with one attached hydrogen (secondary N) is 2. The molecule has 0 saturated heterocycles. The first-order valence-corrected chi connectivity index (χ1v) is 11.3. The van der Waals surface area contributed by atoms with Crippen molar-refractivity contribution in [3.05, 3.63) is 52.0 Å². The van der Waals surface area contributed by atoms with Crippen LogP contribution in [0.4, 0.5) is 0 Å². The van der Waals surface area contributed by atoms with Crippen molar-refractivity contribution in [1.82, 2.24) is 10.3 Å². The second kappa shape index (κ2) is 10.3. The second-order valence-corrected chi connectivity index (χ2v) is 9.35. The Hall–Kier alpha value is -2.61. The fourth-order valence-corrected chi connectivity index (χ4v) is 4.29. The smallest absolute Gasteiger partial charge is 0.355 e. The van der Waals surface area contributed by atoms with Gasteiger partial charge in [0.15, 0.2) is 0 Å². The predicted molar refractivity (Wildman–Crippen MR) is 127 cm³/mol. The minimum atomic E-state index is -0.680. The number of hydrogen-bond acceptors (Lipinski definition) is 5. The van der Waals surface area contributed by atoms with Crippen molar-refractivity contribution in [2.24, 2.45) is 0 Å². The number of halogens is 1. The van der Waals surface area contributed by atoms with E-state index in [-0.39, 0.29) is 30.6 Å². The van der Waals surface area contributed by atoms with E-state index in [9.17, 15) is 14.4 Å². The maximum atomic E-state index is 12.9. The predicted octanol–water partition coefficient (Wildman–Crippen LogP) is 4.86. The zero-order valence-corrected chi connectivity index (χ0v) is 21.1. The molecule has 0 aliphatic carbocycles.